The number of benzene rings is 1. The van der Waals surface area contributed by atoms with Crippen LogP contribution in [0.1, 0.15) is 10.4 Å². The summed E-state index contributed by atoms with van der Waals surface area (Å²) in [7, 11) is 0. The fourth-order valence-corrected chi connectivity index (χ4v) is 2.91. The average molecular weight is 301 g/mol. The van der Waals surface area contributed by atoms with Crippen molar-refractivity contribution in [3.8, 4) is 0 Å². The van der Waals surface area contributed by atoms with Gasteiger partial charge in [0.1, 0.15) is 0 Å². The molecule has 1 aliphatic carbocycles. The molecule has 0 spiro atoms. The van der Waals surface area contributed by atoms with E-state index in [9.17, 15) is 9.59 Å². The van der Waals surface area contributed by atoms with Crippen LogP contribution in [-0.2, 0) is 9.63 Å². The summed E-state index contributed by atoms with van der Waals surface area (Å²) < 4.78 is 0. The summed E-state index contributed by atoms with van der Waals surface area (Å²) in [5.74, 6) is -0.607. The topological polar surface area (TPSA) is 67.8 Å². The number of fused-ring (bicyclic) bond motifs is 2. The van der Waals surface area contributed by atoms with Gasteiger partial charge in [0.05, 0.1) is 23.4 Å². The summed E-state index contributed by atoms with van der Waals surface area (Å²) in [4.78, 5) is 30.0. The maximum Gasteiger partial charge on any atom is 0.211 e. The lowest BCUT2D eigenvalue weighted by atomic mass is 9.86. The smallest absolute Gasteiger partial charge is 0.211 e. The maximum atomic E-state index is 12.5. The highest BCUT2D eigenvalue weighted by Crippen LogP contribution is 2.36. The second-order valence-electron chi connectivity index (χ2n) is 5.01. The molecule has 0 aromatic heterocycles. The van der Waals surface area contributed by atoms with Crippen LogP contribution in [0.25, 0.3) is 0 Å². The number of nitrogens with one attached hydrogen (secondary N) is 1. The molecule has 0 bridgehead atoms. The van der Waals surface area contributed by atoms with Crippen LogP contribution >= 0.6 is 11.6 Å². The summed E-state index contributed by atoms with van der Waals surface area (Å²) in [6.07, 6.45) is 4.27. The van der Waals surface area contributed by atoms with E-state index in [1.807, 2.05) is 0 Å². The van der Waals surface area contributed by atoms with Gasteiger partial charge in [-0.05, 0) is 24.3 Å². The van der Waals surface area contributed by atoms with Crippen molar-refractivity contribution < 1.29 is 14.4 Å². The van der Waals surface area contributed by atoms with E-state index in [-0.39, 0.29) is 23.2 Å². The van der Waals surface area contributed by atoms with Crippen LogP contribution in [0, 0.1) is 5.92 Å². The monoisotopic (exact) mass is 300 g/mol. The van der Waals surface area contributed by atoms with E-state index in [1.165, 1.54) is 6.08 Å². The Labute approximate surface area is 124 Å². The number of hydrogen-bond acceptors (Lipinski definition) is 5. The molecule has 6 heteroatoms. The zero-order valence-corrected chi connectivity index (χ0v) is 11.4. The Morgan fingerprint density at radius 1 is 1.29 bits per heavy atom. The molecule has 0 saturated carbocycles. The number of carbonyl (C=O) groups is 2. The molecular formula is C15H9ClN2O3. The van der Waals surface area contributed by atoms with Crippen molar-refractivity contribution in [2.45, 2.75) is 6.10 Å². The van der Waals surface area contributed by atoms with E-state index >= 15 is 0 Å². The highest BCUT2D eigenvalue weighted by Gasteiger charge is 2.40. The number of allylic oxidation sites excluding steroid dienone is 2. The molecule has 0 fully saturated rings. The Kier molecular flexibility index (Phi) is 2.53. The van der Waals surface area contributed by atoms with Crippen LogP contribution in [-0.4, -0.2) is 23.9 Å². The fraction of sp³-hybridized carbons (Fsp3) is 0.133. The SMILES string of the molecule is O=C1C=CC2C=NOC2/C1=C1/Nc2ccc(Cl)cc2C1=O. The van der Waals surface area contributed by atoms with Gasteiger partial charge in [-0.25, -0.2) is 0 Å². The molecule has 1 N–H and O–H groups in total. The largest absolute Gasteiger partial charge is 0.387 e. The van der Waals surface area contributed by atoms with Gasteiger partial charge in [-0.1, -0.05) is 22.8 Å². The first-order valence-electron chi connectivity index (χ1n) is 6.42. The first-order valence-corrected chi connectivity index (χ1v) is 6.80. The zero-order chi connectivity index (χ0) is 14.6. The summed E-state index contributed by atoms with van der Waals surface area (Å²) >= 11 is 5.92. The molecule has 5 nitrogen and oxygen atoms in total. The number of anilines is 1. The molecule has 2 atom stereocenters. The Bertz CT molecular complexity index is 779. The molecular weight excluding hydrogens is 292 g/mol. The Hall–Kier alpha value is -2.40. The number of rotatable bonds is 0. The van der Waals surface area contributed by atoms with Crippen molar-refractivity contribution >= 4 is 35.1 Å². The molecule has 1 aromatic carbocycles. The number of halogens is 1. The predicted octanol–water partition coefficient (Wildman–Crippen LogP) is 2.34. The van der Waals surface area contributed by atoms with Crippen LogP contribution in [0.15, 0.2) is 46.8 Å². The molecule has 0 amide bonds. The van der Waals surface area contributed by atoms with E-state index in [0.29, 0.717) is 21.8 Å². The summed E-state index contributed by atoms with van der Waals surface area (Å²) in [6, 6.07) is 5.00. The molecule has 0 radical (unpaired) electrons. The lowest BCUT2D eigenvalue weighted by Crippen LogP contribution is -2.31. The van der Waals surface area contributed by atoms with E-state index in [2.05, 4.69) is 10.5 Å². The molecule has 21 heavy (non-hydrogen) atoms. The van der Waals surface area contributed by atoms with Crippen LogP contribution in [0.4, 0.5) is 5.69 Å². The van der Waals surface area contributed by atoms with E-state index in [4.69, 9.17) is 16.4 Å². The fourth-order valence-electron chi connectivity index (χ4n) is 2.74. The van der Waals surface area contributed by atoms with Crippen molar-refractivity contribution in [1.82, 2.24) is 0 Å². The summed E-state index contributed by atoms with van der Waals surface area (Å²) in [6.45, 7) is 0. The zero-order valence-electron chi connectivity index (χ0n) is 10.7. The van der Waals surface area contributed by atoms with Crippen molar-refractivity contribution in [3.63, 3.8) is 0 Å². The standard InChI is InChI=1S/C15H9ClN2O3/c16-8-2-3-10-9(5-8)14(20)13(18-10)12-11(19)4-1-7-6-17-21-15(7)12/h1-7,15,18H/b13-12+. The molecule has 4 rings (SSSR count). The Balaban J connectivity index is 1.85. The van der Waals surface area contributed by atoms with Crippen molar-refractivity contribution in [3.05, 3.63) is 52.2 Å². The van der Waals surface area contributed by atoms with Gasteiger partial charge in [0.2, 0.25) is 5.78 Å². The molecule has 104 valence electrons. The Morgan fingerprint density at radius 2 is 2.14 bits per heavy atom. The predicted molar refractivity (Wildman–Crippen MR) is 77.4 cm³/mol. The van der Waals surface area contributed by atoms with Gasteiger partial charge in [-0.15, -0.1) is 0 Å². The van der Waals surface area contributed by atoms with E-state index in [0.717, 1.165) is 0 Å². The second kappa shape index (κ2) is 4.30. The third-order valence-electron chi connectivity index (χ3n) is 3.76. The van der Waals surface area contributed by atoms with Crippen molar-refractivity contribution in [2.24, 2.45) is 11.1 Å². The first-order chi connectivity index (χ1) is 10.1. The molecule has 3 aliphatic rings. The number of oxime groups is 1. The quantitative estimate of drug-likeness (QED) is 0.747. The number of carbonyl (C=O) groups excluding carboxylic acids is 2. The lowest BCUT2D eigenvalue weighted by Gasteiger charge is -2.21. The third-order valence-corrected chi connectivity index (χ3v) is 3.99. The van der Waals surface area contributed by atoms with Gasteiger partial charge in [-0.3, -0.25) is 9.59 Å². The van der Waals surface area contributed by atoms with Crippen LogP contribution in [0.3, 0.4) is 0 Å². The van der Waals surface area contributed by atoms with Gasteiger partial charge in [0.15, 0.2) is 11.9 Å². The number of nitrogens with zero attached hydrogens (tertiary/aromatic N) is 1. The summed E-state index contributed by atoms with van der Waals surface area (Å²) in [5, 5.41) is 7.23. The first kappa shape index (κ1) is 12.3. The minimum Gasteiger partial charge on any atom is -0.387 e. The van der Waals surface area contributed by atoms with Crippen LogP contribution in [0.5, 0.6) is 0 Å². The number of ketones is 2. The van der Waals surface area contributed by atoms with Crippen molar-refractivity contribution in [2.75, 3.05) is 5.32 Å². The Morgan fingerprint density at radius 3 is 3.00 bits per heavy atom. The van der Waals surface area contributed by atoms with Crippen molar-refractivity contribution in [1.29, 1.82) is 0 Å². The molecule has 2 aliphatic heterocycles. The average Bonchev–Trinajstić information content (AvgIpc) is 3.05. The second-order valence-corrected chi connectivity index (χ2v) is 5.45. The molecule has 2 heterocycles. The van der Waals surface area contributed by atoms with E-state index in [1.54, 1.807) is 30.5 Å². The highest BCUT2D eigenvalue weighted by molar-refractivity contribution is 6.32. The summed E-state index contributed by atoms with van der Waals surface area (Å²) in [5.41, 5.74) is 1.67. The normalized spacial score (nSPS) is 29.2. The number of Topliss-reactive ketones (excluding diaryl/α,β-unsaturated/α-hetero) is 1. The van der Waals surface area contributed by atoms with Crippen LogP contribution in [0.2, 0.25) is 5.02 Å². The van der Waals surface area contributed by atoms with Gasteiger partial charge in [-0.2, -0.15) is 0 Å². The van der Waals surface area contributed by atoms with Gasteiger partial charge >= 0.3 is 0 Å². The van der Waals surface area contributed by atoms with Crippen LogP contribution < -0.4 is 5.32 Å². The molecule has 1 aromatic rings. The van der Waals surface area contributed by atoms with Gasteiger partial charge in [0.25, 0.3) is 0 Å². The van der Waals surface area contributed by atoms with Gasteiger partial charge < -0.3 is 10.2 Å². The highest BCUT2D eigenvalue weighted by atomic mass is 35.5. The minimum atomic E-state index is -0.543. The lowest BCUT2D eigenvalue weighted by molar-refractivity contribution is -0.113. The van der Waals surface area contributed by atoms with E-state index < -0.39 is 6.10 Å². The minimum absolute atomic E-state index is 0.118. The molecule has 2 unspecified atom stereocenters. The maximum absolute atomic E-state index is 12.5. The number of hydrogen-bond donors (Lipinski definition) is 1. The van der Waals surface area contributed by atoms with Gasteiger partial charge in [0, 0.05) is 16.3 Å². The third kappa shape index (κ3) is 1.74. The molecule has 0 saturated heterocycles.